The Kier molecular flexibility index (Phi) is 6.36. The van der Waals surface area contributed by atoms with E-state index in [2.05, 4.69) is 21.2 Å². The van der Waals surface area contributed by atoms with E-state index in [4.69, 9.17) is 4.74 Å². The van der Waals surface area contributed by atoms with Gasteiger partial charge in [0.1, 0.15) is 0 Å². The molecule has 0 spiro atoms. The van der Waals surface area contributed by atoms with Crippen molar-refractivity contribution in [1.82, 2.24) is 5.32 Å². The van der Waals surface area contributed by atoms with E-state index in [1.807, 2.05) is 36.4 Å². The van der Waals surface area contributed by atoms with Gasteiger partial charge < -0.3 is 10.1 Å². The largest absolute Gasteiger partial charge is 0.463 e. The molecule has 1 aromatic heterocycles. The van der Waals surface area contributed by atoms with Crippen LogP contribution in [-0.2, 0) is 9.53 Å². The fraction of sp³-hybridized carbons (Fsp3) is 0.294. The van der Waals surface area contributed by atoms with Crippen LogP contribution < -0.4 is 5.32 Å². The molecule has 0 aliphatic heterocycles. The molecule has 1 unspecified atom stereocenters. The number of nitrogens with one attached hydrogen (secondary N) is 1. The van der Waals surface area contributed by atoms with Crippen LogP contribution in [-0.4, -0.2) is 18.0 Å². The van der Waals surface area contributed by atoms with Crippen molar-refractivity contribution in [3.63, 3.8) is 0 Å². The van der Waals surface area contributed by atoms with Crippen molar-refractivity contribution >= 4 is 39.1 Å². The molecule has 0 aliphatic carbocycles. The molecule has 0 saturated carbocycles. The smallest absolute Gasteiger partial charge is 0.308 e. The number of hydrogen-bond donors (Lipinski definition) is 1. The van der Waals surface area contributed by atoms with Crippen LogP contribution in [0.3, 0.4) is 0 Å². The number of benzene rings is 1. The summed E-state index contributed by atoms with van der Waals surface area (Å²) in [6.45, 7) is 3.61. The first-order valence-electron chi connectivity index (χ1n) is 7.26. The molecule has 1 atom stereocenters. The van der Waals surface area contributed by atoms with Gasteiger partial charge in [0.2, 0.25) is 0 Å². The van der Waals surface area contributed by atoms with Gasteiger partial charge in [0, 0.05) is 0 Å². The Bertz CT molecular complexity index is 669. The molecule has 1 amide bonds. The quantitative estimate of drug-likeness (QED) is 0.740. The standard InChI is InChI=1S/C17H18BrNO3S/c1-11(2)22-16(20)10-13(12-6-4-3-5-7-12)19-17(21)14-8-9-15(18)23-14/h3-9,11,13H,10H2,1-2H3,(H,19,21). The third-order valence-electron chi connectivity index (χ3n) is 3.04. The van der Waals surface area contributed by atoms with Crippen molar-refractivity contribution in [3.05, 3.63) is 56.7 Å². The van der Waals surface area contributed by atoms with Gasteiger partial charge in [-0.3, -0.25) is 9.59 Å². The third-order valence-corrected chi connectivity index (χ3v) is 4.66. The monoisotopic (exact) mass is 395 g/mol. The molecule has 2 rings (SSSR count). The Morgan fingerprint density at radius 3 is 2.43 bits per heavy atom. The number of ether oxygens (including phenoxy) is 1. The fourth-order valence-corrected chi connectivity index (χ4v) is 3.37. The van der Waals surface area contributed by atoms with Crippen LogP contribution in [0.25, 0.3) is 0 Å². The van der Waals surface area contributed by atoms with Crippen LogP contribution in [0.15, 0.2) is 46.3 Å². The van der Waals surface area contributed by atoms with Crippen LogP contribution in [0.1, 0.15) is 41.5 Å². The third kappa shape index (κ3) is 5.48. The summed E-state index contributed by atoms with van der Waals surface area (Å²) in [6, 6.07) is 12.6. The summed E-state index contributed by atoms with van der Waals surface area (Å²) < 4.78 is 6.09. The SMILES string of the molecule is CC(C)OC(=O)CC(NC(=O)c1ccc(Br)s1)c1ccccc1. The topological polar surface area (TPSA) is 55.4 Å². The summed E-state index contributed by atoms with van der Waals surface area (Å²) in [5.74, 6) is -0.534. The van der Waals surface area contributed by atoms with Crippen LogP contribution in [0.4, 0.5) is 0 Å². The van der Waals surface area contributed by atoms with E-state index in [1.165, 1.54) is 11.3 Å². The predicted octanol–water partition coefficient (Wildman–Crippen LogP) is 4.32. The number of thiophene rings is 1. The molecule has 0 bridgehead atoms. The van der Waals surface area contributed by atoms with Crippen molar-refractivity contribution in [2.75, 3.05) is 0 Å². The number of amides is 1. The van der Waals surface area contributed by atoms with Gasteiger partial charge in [0.05, 0.1) is 27.2 Å². The molecular weight excluding hydrogens is 378 g/mol. The van der Waals surface area contributed by atoms with E-state index in [0.717, 1.165) is 9.35 Å². The highest BCUT2D eigenvalue weighted by Crippen LogP contribution is 2.24. The molecule has 1 N–H and O–H groups in total. The molecule has 23 heavy (non-hydrogen) atoms. The molecule has 0 fully saturated rings. The lowest BCUT2D eigenvalue weighted by atomic mass is 10.0. The zero-order valence-corrected chi connectivity index (χ0v) is 15.3. The molecular formula is C17H18BrNO3S. The summed E-state index contributed by atoms with van der Waals surface area (Å²) in [6.07, 6.45) is -0.0802. The van der Waals surface area contributed by atoms with Crippen molar-refractivity contribution in [1.29, 1.82) is 0 Å². The molecule has 1 aromatic carbocycles. The second-order valence-corrected chi connectivity index (χ2v) is 7.75. The minimum Gasteiger partial charge on any atom is -0.463 e. The van der Waals surface area contributed by atoms with Crippen molar-refractivity contribution in [2.45, 2.75) is 32.4 Å². The number of halogens is 1. The number of carbonyl (C=O) groups excluding carboxylic acids is 2. The van der Waals surface area contributed by atoms with Gasteiger partial charge in [-0.1, -0.05) is 30.3 Å². The van der Waals surface area contributed by atoms with Gasteiger partial charge >= 0.3 is 5.97 Å². The molecule has 122 valence electrons. The van der Waals surface area contributed by atoms with Crippen molar-refractivity contribution in [3.8, 4) is 0 Å². The number of hydrogen-bond acceptors (Lipinski definition) is 4. The zero-order valence-electron chi connectivity index (χ0n) is 12.9. The zero-order chi connectivity index (χ0) is 16.8. The summed E-state index contributed by atoms with van der Waals surface area (Å²) >= 11 is 4.69. The molecule has 0 saturated heterocycles. The predicted molar refractivity (Wildman–Crippen MR) is 94.5 cm³/mol. The maximum absolute atomic E-state index is 12.4. The summed E-state index contributed by atoms with van der Waals surface area (Å²) in [4.78, 5) is 24.9. The lowest BCUT2D eigenvalue weighted by Gasteiger charge is -2.19. The van der Waals surface area contributed by atoms with E-state index >= 15 is 0 Å². The molecule has 1 heterocycles. The first-order chi connectivity index (χ1) is 11.0. The Hall–Kier alpha value is -1.66. The summed E-state index contributed by atoms with van der Waals surface area (Å²) in [5, 5.41) is 2.92. The van der Waals surface area contributed by atoms with E-state index in [1.54, 1.807) is 19.9 Å². The number of esters is 1. The van der Waals surface area contributed by atoms with Crippen LogP contribution in [0, 0.1) is 0 Å². The highest BCUT2D eigenvalue weighted by molar-refractivity contribution is 9.11. The molecule has 6 heteroatoms. The number of carbonyl (C=O) groups is 2. The van der Waals surface area contributed by atoms with Gasteiger partial charge in [0.25, 0.3) is 5.91 Å². The van der Waals surface area contributed by atoms with Gasteiger partial charge in [0.15, 0.2) is 0 Å². The normalized spacial score (nSPS) is 12.0. The van der Waals surface area contributed by atoms with E-state index in [9.17, 15) is 9.59 Å². The second kappa shape index (κ2) is 8.26. The summed E-state index contributed by atoms with van der Waals surface area (Å²) in [7, 11) is 0. The maximum atomic E-state index is 12.4. The average molecular weight is 396 g/mol. The van der Waals surface area contributed by atoms with Gasteiger partial charge in [-0.25, -0.2) is 0 Å². The maximum Gasteiger partial charge on any atom is 0.308 e. The lowest BCUT2D eigenvalue weighted by Crippen LogP contribution is -2.30. The highest BCUT2D eigenvalue weighted by atomic mass is 79.9. The molecule has 0 radical (unpaired) electrons. The molecule has 2 aromatic rings. The van der Waals surface area contributed by atoms with Gasteiger partial charge in [-0.15, -0.1) is 11.3 Å². The van der Waals surface area contributed by atoms with E-state index in [0.29, 0.717) is 4.88 Å². The van der Waals surface area contributed by atoms with Gasteiger partial charge in [-0.2, -0.15) is 0 Å². The highest BCUT2D eigenvalue weighted by Gasteiger charge is 2.21. The second-order valence-electron chi connectivity index (χ2n) is 5.28. The average Bonchev–Trinajstić information content (AvgIpc) is 2.93. The fourth-order valence-electron chi connectivity index (χ4n) is 2.08. The number of rotatable bonds is 6. The van der Waals surface area contributed by atoms with Crippen LogP contribution >= 0.6 is 27.3 Å². The lowest BCUT2D eigenvalue weighted by molar-refractivity contribution is -0.147. The first kappa shape index (κ1) is 17.7. The van der Waals surface area contributed by atoms with Crippen molar-refractivity contribution < 1.29 is 14.3 Å². The summed E-state index contributed by atoms with van der Waals surface area (Å²) in [5.41, 5.74) is 0.872. The first-order valence-corrected chi connectivity index (χ1v) is 8.87. The van der Waals surface area contributed by atoms with Crippen molar-refractivity contribution in [2.24, 2.45) is 0 Å². The van der Waals surface area contributed by atoms with E-state index < -0.39 is 6.04 Å². The van der Waals surface area contributed by atoms with Crippen LogP contribution in [0.5, 0.6) is 0 Å². The molecule has 4 nitrogen and oxygen atoms in total. The van der Waals surface area contributed by atoms with Gasteiger partial charge in [-0.05, 0) is 47.5 Å². The Morgan fingerprint density at radius 2 is 1.87 bits per heavy atom. The van der Waals surface area contributed by atoms with E-state index in [-0.39, 0.29) is 24.4 Å². The Labute approximate surface area is 148 Å². The van der Waals surface area contributed by atoms with Crippen LogP contribution in [0.2, 0.25) is 0 Å². The Balaban J connectivity index is 2.13. The molecule has 0 aliphatic rings. The minimum absolute atomic E-state index is 0.0977. The minimum atomic E-state index is -0.421. The Morgan fingerprint density at radius 1 is 1.17 bits per heavy atom.